The van der Waals surface area contributed by atoms with E-state index in [9.17, 15) is 9.59 Å². The maximum atomic E-state index is 13.2. The standard InChI is InChI=1S/C25H27N3O3/c1-26-16-22(21-9-5-6-10-23(21)26)24(29)27-13-11-19(12-14-27)28-20(17-31-25(28)30)15-18-7-3-2-4-8-18/h2-10,16,19-20H,11-15,17H2,1H3/t20-/m1/s1. The fourth-order valence-electron chi connectivity index (χ4n) is 4.99. The third kappa shape index (κ3) is 3.67. The van der Waals surface area contributed by atoms with Crippen molar-refractivity contribution in [3.63, 3.8) is 0 Å². The summed E-state index contributed by atoms with van der Waals surface area (Å²) in [6, 6.07) is 18.4. The zero-order valence-corrected chi connectivity index (χ0v) is 17.7. The molecule has 1 aromatic heterocycles. The van der Waals surface area contributed by atoms with Crippen LogP contribution in [0.15, 0.2) is 60.8 Å². The van der Waals surface area contributed by atoms with E-state index in [1.807, 2.05) is 70.1 Å². The minimum atomic E-state index is -0.222. The molecule has 2 saturated heterocycles. The smallest absolute Gasteiger partial charge is 0.410 e. The first kappa shape index (κ1) is 19.7. The lowest BCUT2D eigenvalue weighted by Gasteiger charge is -2.38. The van der Waals surface area contributed by atoms with Crippen molar-refractivity contribution in [3.05, 3.63) is 71.9 Å². The first-order chi connectivity index (χ1) is 15.1. The van der Waals surface area contributed by atoms with Crippen LogP contribution >= 0.6 is 0 Å². The van der Waals surface area contributed by atoms with Crippen LogP contribution in [0.4, 0.5) is 4.79 Å². The molecule has 2 amide bonds. The van der Waals surface area contributed by atoms with Crippen LogP contribution in [0.2, 0.25) is 0 Å². The number of amides is 2. The molecule has 160 valence electrons. The summed E-state index contributed by atoms with van der Waals surface area (Å²) in [7, 11) is 1.97. The van der Waals surface area contributed by atoms with Gasteiger partial charge in [-0.2, -0.15) is 0 Å². The number of ether oxygens (including phenoxy) is 1. The van der Waals surface area contributed by atoms with Gasteiger partial charge in [0.25, 0.3) is 5.91 Å². The van der Waals surface area contributed by atoms with E-state index < -0.39 is 0 Å². The summed E-state index contributed by atoms with van der Waals surface area (Å²) in [4.78, 5) is 29.6. The second-order valence-electron chi connectivity index (χ2n) is 8.52. The highest BCUT2D eigenvalue weighted by molar-refractivity contribution is 6.07. The lowest BCUT2D eigenvalue weighted by Crippen LogP contribution is -2.50. The van der Waals surface area contributed by atoms with Gasteiger partial charge >= 0.3 is 6.09 Å². The average molecular weight is 418 g/mol. The van der Waals surface area contributed by atoms with Crippen LogP contribution in [-0.4, -0.2) is 58.1 Å². The Morgan fingerprint density at radius 1 is 1.03 bits per heavy atom. The molecule has 1 atom stereocenters. The normalized spacial score (nSPS) is 19.8. The number of likely N-dealkylation sites (tertiary alicyclic amines) is 1. The fourth-order valence-corrected chi connectivity index (χ4v) is 4.99. The van der Waals surface area contributed by atoms with E-state index in [-0.39, 0.29) is 24.1 Å². The molecule has 2 aromatic carbocycles. The Labute approximate surface area is 182 Å². The number of carbonyl (C=O) groups is 2. The van der Waals surface area contributed by atoms with E-state index in [4.69, 9.17) is 4.74 Å². The summed E-state index contributed by atoms with van der Waals surface area (Å²) in [6.45, 7) is 1.73. The molecule has 2 fully saturated rings. The largest absolute Gasteiger partial charge is 0.447 e. The number of hydrogen-bond acceptors (Lipinski definition) is 3. The monoisotopic (exact) mass is 417 g/mol. The highest BCUT2D eigenvalue weighted by Gasteiger charge is 2.40. The molecular weight excluding hydrogens is 390 g/mol. The Morgan fingerprint density at radius 2 is 1.74 bits per heavy atom. The molecule has 0 saturated carbocycles. The summed E-state index contributed by atoms with van der Waals surface area (Å²) >= 11 is 0. The Hall–Kier alpha value is -3.28. The van der Waals surface area contributed by atoms with Gasteiger partial charge in [0, 0.05) is 43.3 Å². The number of piperidine rings is 1. The van der Waals surface area contributed by atoms with E-state index in [1.54, 1.807) is 0 Å². The van der Waals surface area contributed by atoms with Gasteiger partial charge in [0.05, 0.1) is 11.6 Å². The second-order valence-corrected chi connectivity index (χ2v) is 8.52. The molecule has 2 aliphatic heterocycles. The zero-order valence-electron chi connectivity index (χ0n) is 17.7. The molecule has 31 heavy (non-hydrogen) atoms. The SMILES string of the molecule is Cn1cc(C(=O)N2CCC(N3C(=O)OC[C@H]3Cc3ccccc3)CC2)c2ccccc21. The van der Waals surface area contributed by atoms with Crippen LogP contribution < -0.4 is 0 Å². The highest BCUT2D eigenvalue weighted by atomic mass is 16.6. The number of fused-ring (bicyclic) bond motifs is 1. The maximum absolute atomic E-state index is 13.2. The van der Waals surface area contributed by atoms with Crippen LogP contribution in [0.3, 0.4) is 0 Å². The van der Waals surface area contributed by atoms with Crippen LogP contribution in [0.1, 0.15) is 28.8 Å². The molecule has 0 bridgehead atoms. The van der Waals surface area contributed by atoms with Gasteiger partial charge in [-0.25, -0.2) is 4.79 Å². The minimum absolute atomic E-state index is 0.0558. The second kappa shape index (κ2) is 8.10. The highest BCUT2D eigenvalue weighted by Crippen LogP contribution is 2.28. The maximum Gasteiger partial charge on any atom is 0.410 e. The number of rotatable bonds is 4. The predicted molar refractivity (Wildman–Crippen MR) is 119 cm³/mol. The van der Waals surface area contributed by atoms with E-state index >= 15 is 0 Å². The van der Waals surface area contributed by atoms with Crippen LogP contribution in [0.25, 0.3) is 10.9 Å². The van der Waals surface area contributed by atoms with Gasteiger partial charge in [-0.05, 0) is 30.9 Å². The number of aryl methyl sites for hydroxylation is 1. The number of benzene rings is 2. The van der Waals surface area contributed by atoms with Gasteiger partial charge in [0.1, 0.15) is 6.61 Å². The predicted octanol–water partition coefficient (Wildman–Crippen LogP) is 3.85. The number of para-hydroxylation sites is 1. The third-order valence-electron chi connectivity index (χ3n) is 6.59. The van der Waals surface area contributed by atoms with Gasteiger partial charge in [0.2, 0.25) is 0 Å². The number of nitrogens with zero attached hydrogens (tertiary/aromatic N) is 3. The average Bonchev–Trinajstić information content (AvgIpc) is 3.34. The Morgan fingerprint density at radius 3 is 2.52 bits per heavy atom. The zero-order chi connectivity index (χ0) is 21.4. The van der Waals surface area contributed by atoms with Crippen molar-refractivity contribution in [2.75, 3.05) is 19.7 Å². The molecule has 5 rings (SSSR count). The van der Waals surface area contributed by atoms with Gasteiger partial charge in [-0.1, -0.05) is 48.5 Å². The first-order valence-electron chi connectivity index (χ1n) is 10.9. The summed E-state index contributed by atoms with van der Waals surface area (Å²) in [5.41, 5.74) is 3.02. The Kier molecular flexibility index (Phi) is 5.14. The van der Waals surface area contributed by atoms with Crippen LogP contribution in [0.5, 0.6) is 0 Å². The Balaban J connectivity index is 1.27. The summed E-state index contributed by atoms with van der Waals surface area (Å²) in [5.74, 6) is 0.0695. The third-order valence-corrected chi connectivity index (χ3v) is 6.59. The van der Waals surface area contributed by atoms with Crippen molar-refractivity contribution in [1.29, 1.82) is 0 Å². The quantitative estimate of drug-likeness (QED) is 0.648. The molecule has 3 heterocycles. The van der Waals surface area contributed by atoms with E-state index in [0.717, 1.165) is 35.7 Å². The van der Waals surface area contributed by atoms with Crippen LogP contribution in [-0.2, 0) is 18.2 Å². The summed E-state index contributed by atoms with van der Waals surface area (Å²) < 4.78 is 7.41. The van der Waals surface area contributed by atoms with E-state index in [2.05, 4.69) is 12.1 Å². The molecular formula is C25H27N3O3. The number of cyclic esters (lactones) is 1. The lowest BCUT2D eigenvalue weighted by atomic mass is 9.98. The molecule has 0 N–H and O–H groups in total. The van der Waals surface area contributed by atoms with Crippen LogP contribution in [0, 0.1) is 0 Å². The molecule has 2 aliphatic rings. The molecule has 0 spiro atoms. The fraction of sp³-hybridized carbons (Fsp3) is 0.360. The van der Waals surface area contributed by atoms with E-state index in [0.29, 0.717) is 19.7 Å². The number of aromatic nitrogens is 1. The number of hydrogen-bond donors (Lipinski definition) is 0. The van der Waals surface area contributed by atoms with Gasteiger partial charge in [0.15, 0.2) is 0 Å². The summed E-state index contributed by atoms with van der Waals surface area (Å²) in [5, 5.41) is 0.989. The van der Waals surface area contributed by atoms with Crippen molar-refractivity contribution < 1.29 is 14.3 Å². The molecule has 3 aromatic rings. The number of carbonyl (C=O) groups excluding carboxylic acids is 2. The van der Waals surface area contributed by atoms with Gasteiger partial charge in [-0.15, -0.1) is 0 Å². The van der Waals surface area contributed by atoms with Gasteiger partial charge < -0.3 is 14.2 Å². The Bertz CT molecular complexity index is 1100. The van der Waals surface area contributed by atoms with Gasteiger partial charge in [-0.3, -0.25) is 9.69 Å². The topological polar surface area (TPSA) is 54.8 Å². The van der Waals surface area contributed by atoms with Crippen molar-refractivity contribution in [1.82, 2.24) is 14.4 Å². The molecule has 6 heteroatoms. The van der Waals surface area contributed by atoms with Crippen molar-refractivity contribution >= 4 is 22.9 Å². The van der Waals surface area contributed by atoms with E-state index in [1.165, 1.54) is 5.56 Å². The molecule has 0 unspecified atom stereocenters. The minimum Gasteiger partial charge on any atom is -0.447 e. The van der Waals surface area contributed by atoms with Crippen molar-refractivity contribution in [3.8, 4) is 0 Å². The molecule has 0 aliphatic carbocycles. The lowest BCUT2D eigenvalue weighted by molar-refractivity contribution is 0.0638. The molecule has 0 radical (unpaired) electrons. The molecule has 6 nitrogen and oxygen atoms in total. The first-order valence-corrected chi connectivity index (χ1v) is 10.9. The van der Waals surface area contributed by atoms with Crippen molar-refractivity contribution in [2.45, 2.75) is 31.3 Å². The van der Waals surface area contributed by atoms with Crippen molar-refractivity contribution in [2.24, 2.45) is 7.05 Å². The summed E-state index contributed by atoms with van der Waals surface area (Å²) in [6.07, 6.45) is 4.04.